The summed E-state index contributed by atoms with van der Waals surface area (Å²) >= 11 is 0. The molecule has 1 amide bonds. The third kappa shape index (κ3) is 3.20. The minimum absolute atomic E-state index is 0.176. The van der Waals surface area contributed by atoms with Crippen molar-refractivity contribution in [3.05, 3.63) is 106 Å². The lowest BCUT2D eigenvalue weighted by molar-refractivity contribution is -0.123. The van der Waals surface area contributed by atoms with Crippen molar-refractivity contribution in [1.82, 2.24) is 9.55 Å². The number of fused-ring (bicyclic) bond motifs is 2. The van der Waals surface area contributed by atoms with Crippen LogP contribution in [0.15, 0.2) is 83.7 Å². The number of carbonyl (C=O) groups is 1. The minimum Gasteiger partial charge on any atom is -0.300 e. The van der Waals surface area contributed by atoms with Gasteiger partial charge in [0, 0.05) is 12.1 Å². The quantitative estimate of drug-likeness (QED) is 0.499. The summed E-state index contributed by atoms with van der Waals surface area (Å²) in [6.07, 6.45) is 0.401. The summed E-state index contributed by atoms with van der Waals surface area (Å²) < 4.78 is 15.0. The molecule has 0 spiro atoms. The van der Waals surface area contributed by atoms with Gasteiger partial charge in [0.05, 0.1) is 16.9 Å². The monoisotopic (exact) mass is 413 g/mol. The predicted molar refractivity (Wildman–Crippen MR) is 117 cm³/mol. The van der Waals surface area contributed by atoms with Gasteiger partial charge >= 0.3 is 0 Å². The summed E-state index contributed by atoms with van der Waals surface area (Å²) in [6, 6.07) is 21.5. The van der Waals surface area contributed by atoms with Crippen LogP contribution in [0.2, 0.25) is 0 Å². The Morgan fingerprint density at radius 3 is 2.32 bits per heavy atom. The van der Waals surface area contributed by atoms with E-state index in [1.165, 1.54) is 16.7 Å². The topological polar surface area (TPSA) is 55.2 Å². The first kappa shape index (κ1) is 19.2. The molecule has 1 aromatic heterocycles. The number of aromatic nitrogens is 2. The number of carbonyl (C=O) groups excluding carboxylic acids is 1. The van der Waals surface area contributed by atoms with Crippen LogP contribution in [0.3, 0.4) is 0 Å². The van der Waals surface area contributed by atoms with Crippen LogP contribution in [0.4, 0.5) is 10.1 Å². The van der Waals surface area contributed by atoms with Crippen LogP contribution in [-0.4, -0.2) is 15.5 Å². The van der Waals surface area contributed by atoms with E-state index in [1.807, 2.05) is 36.4 Å². The first-order valence-electron chi connectivity index (χ1n) is 10.2. The number of anilines is 1. The highest BCUT2D eigenvalue weighted by Gasteiger charge is 2.40. The van der Waals surface area contributed by atoms with Gasteiger partial charge in [-0.3, -0.25) is 19.1 Å². The number of nitrogens with zero attached hydrogens (tertiary/aromatic N) is 3. The Morgan fingerprint density at radius 1 is 0.903 bits per heavy atom. The molecule has 1 aliphatic heterocycles. The number of benzene rings is 3. The van der Waals surface area contributed by atoms with Crippen LogP contribution in [0, 0.1) is 5.82 Å². The predicted octanol–water partition coefficient (Wildman–Crippen LogP) is 4.43. The van der Waals surface area contributed by atoms with Crippen LogP contribution >= 0.6 is 0 Å². The molecule has 0 fully saturated rings. The molecule has 154 valence electrons. The molecule has 0 saturated carbocycles. The maximum absolute atomic E-state index is 13.5. The van der Waals surface area contributed by atoms with Crippen LogP contribution in [0.1, 0.15) is 30.4 Å². The number of para-hydroxylation sites is 2. The van der Waals surface area contributed by atoms with Gasteiger partial charge in [-0.2, -0.15) is 0 Å². The molecule has 5 rings (SSSR count). The summed E-state index contributed by atoms with van der Waals surface area (Å²) in [6.45, 7) is 1.73. The van der Waals surface area contributed by atoms with Crippen molar-refractivity contribution in [2.75, 3.05) is 4.90 Å². The molecule has 4 aromatic rings. The molecule has 2 heterocycles. The summed E-state index contributed by atoms with van der Waals surface area (Å²) in [5, 5.41) is 0.486. The van der Waals surface area contributed by atoms with E-state index in [4.69, 9.17) is 4.98 Å². The molecule has 0 radical (unpaired) electrons. The van der Waals surface area contributed by atoms with Gasteiger partial charge in [-0.1, -0.05) is 42.5 Å². The standard InChI is InChI=1S/C25H20FN3O2/c1-16-24(30)29(19-7-3-2-4-8-19)22(15-17-11-13-18(26)14-12-17)23-27-21-10-6-5-9-20(21)25(31)28(16)23/h2-14,16,22H,15H2,1H3/t16-,22-/m0/s1. The molecular formula is C25H20FN3O2. The lowest BCUT2D eigenvalue weighted by atomic mass is 9.98. The molecule has 3 aromatic carbocycles. The van der Waals surface area contributed by atoms with Crippen molar-refractivity contribution >= 4 is 22.5 Å². The van der Waals surface area contributed by atoms with E-state index in [-0.39, 0.29) is 17.3 Å². The van der Waals surface area contributed by atoms with Gasteiger partial charge in [0.2, 0.25) is 0 Å². The summed E-state index contributed by atoms with van der Waals surface area (Å²) in [5.74, 6) is 0.0340. The highest BCUT2D eigenvalue weighted by molar-refractivity contribution is 5.98. The first-order valence-corrected chi connectivity index (χ1v) is 10.2. The summed E-state index contributed by atoms with van der Waals surface area (Å²) in [7, 11) is 0. The molecule has 0 aliphatic carbocycles. The molecule has 0 N–H and O–H groups in total. The maximum Gasteiger partial charge on any atom is 0.262 e. The van der Waals surface area contributed by atoms with Gasteiger partial charge in [0.15, 0.2) is 0 Å². The Labute approximate surface area is 178 Å². The van der Waals surface area contributed by atoms with Gasteiger partial charge in [0.1, 0.15) is 17.7 Å². The smallest absolute Gasteiger partial charge is 0.262 e. The van der Waals surface area contributed by atoms with Gasteiger partial charge in [-0.05, 0) is 48.9 Å². The Balaban J connectivity index is 1.75. The third-order valence-corrected chi connectivity index (χ3v) is 5.80. The second-order valence-electron chi connectivity index (χ2n) is 7.73. The zero-order valence-corrected chi connectivity index (χ0v) is 16.9. The maximum atomic E-state index is 13.5. The summed E-state index contributed by atoms with van der Waals surface area (Å²) in [5.41, 5.74) is 1.96. The molecule has 2 atom stereocenters. The van der Waals surface area contributed by atoms with Gasteiger partial charge in [-0.25, -0.2) is 9.37 Å². The minimum atomic E-state index is -0.690. The number of hydrogen-bond donors (Lipinski definition) is 0. The fraction of sp³-hybridized carbons (Fsp3) is 0.160. The second-order valence-corrected chi connectivity index (χ2v) is 7.73. The Kier molecular flexibility index (Phi) is 4.62. The number of amides is 1. The fourth-order valence-corrected chi connectivity index (χ4v) is 4.28. The molecule has 0 saturated heterocycles. The van der Waals surface area contributed by atoms with Crippen molar-refractivity contribution in [2.45, 2.75) is 25.4 Å². The van der Waals surface area contributed by atoms with Gasteiger partial charge in [0.25, 0.3) is 11.5 Å². The molecule has 6 heteroatoms. The summed E-state index contributed by atoms with van der Waals surface area (Å²) in [4.78, 5) is 33.4. The van der Waals surface area contributed by atoms with E-state index in [2.05, 4.69) is 0 Å². The largest absolute Gasteiger partial charge is 0.300 e. The lowest BCUT2D eigenvalue weighted by Crippen LogP contribution is -2.50. The van der Waals surface area contributed by atoms with Crippen LogP contribution in [-0.2, 0) is 11.2 Å². The Bertz CT molecular complexity index is 1330. The van der Waals surface area contributed by atoms with Gasteiger partial charge in [-0.15, -0.1) is 0 Å². The molecular weight excluding hydrogens is 393 g/mol. The van der Waals surface area contributed by atoms with Crippen LogP contribution in [0.25, 0.3) is 10.9 Å². The number of hydrogen-bond acceptors (Lipinski definition) is 3. The average Bonchev–Trinajstić information content (AvgIpc) is 2.79. The van der Waals surface area contributed by atoms with E-state index in [9.17, 15) is 14.0 Å². The fourth-order valence-electron chi connectivity index (χ4n) is 4.28. The van der Waals surface area contributed by atoms with E-state index < -0.39 is 12.1 Å². The molecule has 31 heavy (non-hydrogen) atoms. The Morgan fingerprint density at radius 2 is 1.58 bits per heavy atom. The van der Waals surface area contributed by atoms with Crippen LogP contribution in [0.5, 0.6) is 0 Å². The first-order chi connectivity index (χ1) is 15.0. The van der Waals surface area contributed by atoms with Crippen molar-refractivity contribution in [2.24, 2.45) is 0 Å². The highest BCUT2D eigenvalue weighted by atomic mass is 19.1. The van der Waals surface area contributed by atoms with Crippen molar-refractivity contribution in [3.8, 4) is 0 Å². The van der Waals surface area contributed by atoms with E-state index in [0.717, 1.165) is 11.3 Å². The van der Waals surface area contributed by atoms with E-state index in [0.29, 0.717) is 23.1 Å². The average molecular weight is 413 g/mol. The van der Waals surface area contributed by atoms with Crippen LogP contribution < -0.4 is 10.5 Å². The highest BCUT2D eigenvalue weighted by Crippen LogP contribution is 2.36. The zero-order valence-electron chi connectivity index (χ0n) is 16.9. The normalized spacial score (nSPS) is 18.3. The zero-order chi connectivity index (χ0) is 21.5. The van der Waals surface area contributed by atoms with Crippen molar-refractivity contribution in [1.29, 1.82) is 0 Å². The van der Waals surface area contributed by atoms with Crippen molar-refractivity contribution < 1.29 is 9.18 Å². The van der Waals surface area contributed by atoms with Gasteiger partial charge < -0.3 is 0 Å². The lowest BCUT2D eigenvalue weighted by Gasteiger charge is -2.40. The van der Waals surface area contributed by atoms with E-state index >= 15 is 0 Å². The SMILES string of the molecule is C[C@H]1C(=O)N(c2ccccc2)[C@@H](Cc2ccc(F)cc2)c2nc3ccccc3c(=O)n21. The Hall–Kier alpha value is -3.80. The number of halogens is 1. The number of rotatable bonds is 3. The molecule has 5 nitrogen and oxygen atoms in total. The third-order valence-electron chi connectivity index (χ3n) is 5.80. The molecule has 1 aliphatic rings. The van der Waals surface area contributed by atoms with Crippen molar-refractivity contribution in [3.63, 3.8) is 0 Å². The molecule has 0 unspecified atom stereocenters. The second kappa shape index (κ2) is 7.47. The van der Waals surface area contributed by atoms with E-state index in [1.54, 1.807) is 42.2 Å². The molecule has 0 bridgehead atoms.